The first-order chi connectivity index (χ1) is 5.66. The van der Waals surface area contributed by atoms with E-state index in [1.807, 2.05) is 0 Å². The van der Waals surface area contributed by atoms with Gasteiger partial charge in [0.2, 0.25) is 0 Å². The quantitative estimate of drug-likeness (QED) is 0.728. The van der Waals surface area contributed by atoms with Crippen molar-refractivity contribution in [2.75, 3.05) is 0 Å². The van der Waals surface area contributed by atoms with Crippen molar-refractivity contribution in [3.05, 3.63) is 23.1 Å². The van der Waals surface area contributed by atoms with Crippen molar-refractivity contribution < 1.29 is 14.4 Å². The largest absolute Gasteiger partial charge is 0.477 e. The van der Waals surface area contributed by atoms with Crippen LogP contribution in [0.15, 0.2) is 10.6 Å². The molecule has 4 nitrogen and oxygen atoms in total. The zero-order valence-corrected chi connectivity index (χ0v) is 6.87. The smallest absolute Gasteiger partial charge is 0.341 e. The number of rotatable bonds is 2. The number of hydrogen-bond donors (Lipinski definition) is 1. The summed E-state index contributed by atoms with van der Waals surface area (Å²) in [6, 6.07) is 0. The number of aromatic nitrogens is 1. The van der Waals surface area contributed by atoms with E-state index in [2.05, 4.69) is 5.16 Å². The summed E-state index contributed by atoms with van der Waals surface area (Å²) in [5.74, 6) is -0.718. The molecule has 0 atom stereocenters. The molecule has 0 aliphatic heterocycles. The van der Waals surface area contributed by atoms with Crippen LogP contribution in [0.3, 0.4) is 0 Å². The second-order valence-electron chi connectivity index (χ2n) is 2.31. The van der Waals surface area contributed by atoms with Crippen molar-refractivity contribution in [2.24, 2.45) is 0 Å². The molecule has 4 heteroatoms. The SMILES string of the molecule is C/C=C/c1onc(C)c1C(=O)O. The average molecular weight is 167 g/mol. The molecule has 0 bridgehead atoms. The van der Waals surface area contributed by atoms with Crippen molar-refractivity contribution in [2.45, 2.75) is 13.8 Å². The molecule has 1 rings (SSSR count). The van der Waals surface area contributed by atoms with E-state index in [9.17, 15) is 4.79 Å². The molecule has 0 aromatic carbocycles. The zero-order valence-electron chi connectivity index (χ0n) is 6.87. The van der Waals surface area contributed by atoms with Gasteiger partial charge in [0.25, 0.3) is 0 Å². The Bertz CT molecular complexity index is 325. The van der Waals surface area contributed by atoms with Crippen LogP contribution >= 0.6 is 0 Å². The van der Waals surface area contributed by atoms with Crippen LogP contribution in [-0.2, 0) is 0 Å². The van der Waals surface area contributed by atoms with Crippen LogP contribution in [0.2, 0.25) is 0 Å². The number of aryl methyl sites for hydroxylation is 1. The molecule has 1 heterocycles. The van der Waals surface area contributed by atoms with E-state index in [0.717, 1.165) is 0 Å². The molecule has 1 N–H and O–H groups in total. The third-order valence-electron chi connectivity index (χ3n) is 1.42. The fourth-order valence-corrected chi connectivity index (χ4v) is 0.913. The minimum atomic E-state index is -1.01. The summed E-state index contributed by atoms with van der Waals surface area (Å²) in [5, 5.41) is 12.3. The van der Waals surface area contributed by atoms with Crippen LogP contribution in [0.25, 0.3) is 6.08 Å². The summed E-state index contributed by atoms with van der Waals surface area (Å²) >= 11 is 0. The van der Waals surface area contributed by atoms with Crippen LogP contribution in [0.5, 0.6) is 0 Å². The van der Waals surface area contributed by atoms with Crippen LogP contribution in [0, 0.1) is 6.92 Å². The summed E-state index contributed by atoms with van der Waals surface area (Å²) in [6.45, 7) is 3.38. The standard InChI is InChI=1S/C8H9NO3/c1-3-4-6-7(8(10)11)5(2)9-12-6/h3-4H,1-2H3,(H,10,11)/b4-3+. The predicted molar refractivity (Wildman–Crippen MR) is 42.9 cm³/mol. The van der Waals surface area contributed by atoms with E-state index in [4.69, 9.17) is 9.63 Å². The molecular formula is C8H9NO3. The lowest BCUT2D eigenvalue weighted by atomic mass is 10.2. The van der Waals surface area contributed by atoms with E-state index >= 15 is 0 Å². The number of carboxylic acid groups (broad SMARTS) is 1. The lowest BCUT2D eigenvalue weighted by molar-refractivity contribution is 0.0695. The maximum Gasteiger partial charge on any atom is 0.341 e. The van der Waals surface area contributed by atoms with Crippen LogP contribution in [0.4, 0.5) is 0 Å². The first-order valence-corrected chi connectivity index (χ1v) is 3.49. The Hall–Kier alpha value is -1.58. The maximum absolute atomic E-state index is 10.6. The van der Waals surface area contributed by atoms with Crippen molar-refractivity contribution >= 4 is 12.0 Å². The minimum absolute atomic E-state index is 0.133. The molecule has 0 unspecified atom stereocenters. The minimum Gasteiger partial charge on any atom is -0.477 e. The van der Waals surface area contributed by atoms with E-state index in [1.54, 1.807) is 26.0 Å². The second-order valence-corrected chi connectivity index (χ2v) is 2.31. The van der Waals surface area contributed by atoms with Gasteiger partial charge in [0, 0.05) is 0 Å². The maximum atomic E-state index is 10.6. The molecule has 0 saturated heterocycles. The Balaban J connectivity index is 3.21. The fourth-order valence-electron chi connectivity index (χ4n) is 0.913. The molecule has 0 fully saturated rings. The van der Waals surface area contributed by atoms with Gasteiger partial charge in [0.05, 0.1) is 5.69 Å². The Kier molecular flexibility index (Phi) is 2.28. The van der Waals surface area contributed by atoms with Gasteiger partial charge in [-0.2, -0.15) is 0 Å². The van der Waals surface area contributed by atoms with Gasteiger partial charge in [-0.25, -0.2) is 4.79 Å². The Morgan fingerprint density at radius 2 is 2.33 bits per heavy atom. The zero-order chi connectivity index (χ0) is 9.14. The Morgan fingerprint density at radius 1 is 1.67 bits per heavy atom. The highest BCUT2D eigenvalue weighted by Gasteiger charge is 2.16. The molecule has 12 heavy (non-hydrogen) atoms. The van der Waals surface area contributed by atoms with Gasteiger partial charge in [-0.15, -0.1) is 0 Å². The van der Waals surface area contributed by atoms with Crippen molar-refractivity contribution in [1.29, 1.82) is 0 Å². The third kappa shape index (κ3) is 1.37. The molecule has 0 radical (unpaired) electrons. The number of allylic oxidation sites excluding steroid dienone is 1. The lowest BCUT2D eigenvalue weighted by Crippen LogP contribution is -1.98. The second kappa shape index (κ2) is 3.21. The van der Waals surface area contributed by atoms with Crippen molar-refractivity contribution in [3.8, 4) is 0 Å². The van der Waals surface area contributed by atoms with Gasteiger partial charge in [0.1, 0.15) is 5.56 Å². The lowest BCUT2D eigenvalue weighted by Gasteiger charge is -1.88. The van der Waals surface area contributed by atoms with Crippen molar-refractivity contribution in [3.63, 3.8) is 0 Å². The number of hydrogen-bond acceptors (Lipinski definition) is 3. The highest BCUT2D eigenvalue weighted by atomic mass is 16.5. The Labute approximate surface area is 69.5 Å². The number of carbonyl (C=O) groups is 1. The van der Waals surface area contributed by atoms with Gasteiger partial charge in [-0.3, -0.25) is 0 Å². The highest BCUT2D eigenvalue weighted by molar-refractivity contribution is 5.92. The topological polar surface area (TPSA) is 63.3 Å². The summed E-state index contributed by atoms with van der Waals surface area (Å²) in [5.41, 5.74) is 0.531. The Morgan fingerprint density at radius 3 is 2.83 bits per heavy atom. The van der Waals surface area contributed by atoms with Gasteiger partial charge < -0.3 is 9.63 Å². The summed E-state index contributed by atoms with van der Waals surface area (Å²) in [4.78, 5) is 10.6. The summed E-state index contributed by atoms with van der Waals surface area (Å²) < 4.78 is 4.78. The number of aromatic carboxylic acids is 1. The summed E-state index contributed by atoms with van der Waals surface area (Å²) in [7, 11) is 0. The molecule has 0 amide bonds. The number of nitrogens with zero attached hydrogens (tertiary/aromatic N) is 1. The molecule has 64 valence electrons. The third-order valence-corrected chi connectivity index (χ3v) is 1.42. The van der Waals surface area contributed by atoms with Gasteiger partial charge in [-0.1, -0.05) is 11.2 Å². The van der Waals surface area contributed by atoms with Crippen LogP contribution < -0.4 is 0 Å². The van der Waals surface area contributed by atoms with Crippen molar-refractivity contribution in [1.82, 2.24) is 5.16 Å². The normalized spacial score (nSPS) is 10.8. The molecule has 0 aliphatic carbocycles. The van der Waals surface area contributed by atoms with Crippen LogP contribution in [0.1, 0.15) is 28.7 Å². The van der Waals surface area contributed by atoms with Gasteiger partial charge >= 0.3 is 5.97 Å². The van der Waals surface area contributed by atoms with E-state index < -0.39 is 5.97 Å². The van der Waals surface area contributed by atoms with Gasteiger partial charge in [-0.05, 0) is 19.9 Å². The first-order valence-electron chi connectivity index (χ1n) is 3.49. The molecule has 1 aromatic heterocycles. The monoisotopic (exact) mass is 167 g/mol. The fraction of sp³-hybridized carbons (Fsp3) is 0.250. The first kappa shape index (κ1) is 8.52. The van der Waals surface area contributed by atoms with E-state index in [1.165, 1.54) is 0 Å². The number of carboxylic acids is 1. The van der Waals surface area contributed by atoms with E-state index in [-0.39, 0.29) is 5.56 Å². The highest BCUT2D eigenvalue weighted by Crippen LogP contribution is 2.14. The molecule has 0 aliphatic rings. The molecular weight excluding hydrogens is 158 g/mol. The van der Waals surface area contributed by atoms with Gasteiger partial charge in [0.15, 0.2) is 5.76 Å². The molecule has 0 spiro atoms. The molecule has 0 saturated carbocycles. The van der Waals surface area contributed by atoms with E-state index in [0.29, 0.717) is 11.5 Å². The van der Waals surface area contributed by atoms with Crippen LogP contribution in [-0.4, -0.2) is 16.2 Å². The average Bonchev–Trinajstić information content (AvgIpc) is 2.32. The summed E-state index contributed by atoms with van der Waals surface area (Å²) in [6.07, 6.45) is 3.27. The predicted octanol–water partition coefficient (Wildman–Crippen LogP) is 1.71. The molecule has 1 aromatic rings.